The zero-order valence-corrected chi connectivity index (χ0v) is 12.7. The van der Waals surface area contributed by atoms with Crippen molar-refractivity contribution in [3.8, 4) is 0 Å². The Labute approximate surface area is 120 Å². The molecule has 1 rings (SSSR count). The maximum atomic E-state index is 13.2. The SMILES string of the molecule is CCOC(=O)C(C(=O)c1ccc(F)c(Br)c1)C(C)C. The van der Waals surface area contributed by atoms with E-state index in [0.29, 0.717) is 5.56 Å². The van der Waals surface area contributed by atoms with E-state index in [1.54, 1.807) is 20.8 Å². The van der Waals surface area contributed by atoms with Crippen LogP contribution in [0.1, 0.15) is 31.1 Å². The molecule has 0 heterocycles. The summed E-state index contributed by atoms with van der Waals surface area (Å²) in [7, 11) is 0. The van der Waals surface area contributed by atoms with Gasteiger partial charge in [0.05, 0.1) is 11.1 Å². The Morgan fingerprint density at radius 2 is 2.00 bits per heavy atom. The predicted molar refractivity (Wildman–Crippen MR) is 73.4 cm³/mol. The number of hydrogen-bond acceptors (Lipinski definition) is 3. The molecule has 0 radical (unpaired) electrons. The lowest BCUT2D eigenvalue weighted by atomic mass is 9.88. The highest BCUT2D eigenvalue weighted by molar-refractivity contribution is 9.10. The molecule has 5 heteroatoms. The van der Waals surface area contributed by atoms with Crippen LogP contribution < -0.4 is 0 Å². The molecule has 104 valence electrons. The first-order valence-electron chi connectivity index (χ1n) is 6.04. The number of ketones is 1. The van der Waals surface area contributed by atoms with E-state index in [1.807, 2.05) is 0 Å². The molecule has 0 fully saturated rings. The van der Waals surface area contributed by atoms with E-state index in [2.05, 4.69) is 15.9 Å². The summed E-state index contributed by atoms with van der Waals surface area (Å²) in [5, 5.41) is 0. The van der Waals surface area contributed by atoms with Gasteiger partial charge in [-0.2, -0.15) is 0 Å². The highest BCUT2D eigenvalue weighted by atomic mass is 79.9. The van der Waals surface area contributed by atoms with Crippen molar-refractivity contribution >= 4 is 27.7 Å². The van der Waals surface area contributed by atoms with Crippen LogP contribution in [0.15, 0.2) is 22.7 Å². The first kappa shape index (κ1) is 15.8. The number of esters is 1. The molecule has 3 nitrogen and oxygen atoms in total. The van der Waals surface area contributed by atoms with Gasteiger partial charge in [-0.3, -0.25) is 9.59 Å². The summed E-state index contributed by atoms with van der Waals surface area (Å²) < 4.78 is 18.3. The molecular formula is C14H16BrFO3. The van der Waals surface area contributed by atoms with Crippen LogP contribution in [0.4, 0.5) is 4.39 Å². The van der Waals surface area contributed by atoms with E-state index in [4.69, 9.17) is 4.74 Å². The van der Waals surface area contributed by atoms with Crippen molar-refractivity contribution in [1.29, 1.82) is 0 Å². The smallest absolute Gasteiger partial charge is 0.317 e. The van der Waals surface area contributed by atoms with Crippen LogP contribution in [-0.2, 0) is 9.53 Å². The molecule has 0 bridgehead atoms. The molecule has 1 aromatic rings. The molecule has 1 unspecified atom stereocenters. The zero-order valence-electron chi connectivity index (χ0n) is 11.1. The Kier molecular flexibility index (Phi) is 5.66. The molecule has 0 saturated heterocycles. The second-order valence-electron chi connectivity index (χ2n) is 4.47. The van der Waals surface area contributed by atoms with Crippen LogP contribution in [0.2, 0.25) is 0 Å². The van der Waals surface area contributed by atoms with Gasteiger partial charge >= 0.3 is 5.97 Å². The summed E-state index contributed by atoms with van der Waals surface area (Å²) >= 11 is 3.02. The third kappa shape index (κ3) is 3.86. The van der Waals surface area contributed by atoms with Crippen LogP contribution in [0.5, 0.6) is 0 Å². The summed E-state index contributed by atoms with van der Waals surface area (Å²) in [6, 6.07) is 3.95. The first-order valence-corrected chi connectivity index (χ1v) is 6.83. The number of Topliss-reactive ketones (excluding diaryl/α,β-unsaturated/α-hetero) is 1. The minimum atomic E-state index is -0.864. The van der Waals surface area contributed by atoms with Gasteiger partial charge in [-0.05, 0) is 47.0 Å². The fourth-order valence-corrected chi connectivity index (χ4v) is 2.12. The first-order chi connectivity index (χ1) is 8.88. The maximum Gasteiger partial charge on any atom is 0.317 e. The molecular weight excluding hydrogens is 315 g/mol. The quantitative estimate of drug-likeness (QED) is 0.470. The van der Waals surface area contributed by atoms with Crippen molar-refractivity contribution in [1.82, 2.24) is 0 Å². The monoisotopic (exact) mass is 330 g/mol. The largest absolute Gasteiger partial charge is 0.465 e. The van der Waals surface area contributed by atoms with Gasteiger partial charge in [0.1, 0.15) is 11.7 Å². The summed E-state index contributed by atoms with van der Waals surface area (Å²) in [6.07, 6.45) is 0. The lowest BCUT2D eigenvalue weighted by Gasteiger charge is -2.18. The Bertz CT molecular complexity index is 486. The van der Waals surface area contributed by atoms with E-state index < -0.39 is 17.7 Å². The van der Waals surface area contributed by atoms with Crippen LogP contribution in [0, 0.1) is 17.7 Å². The Morgan fingerprint density at radius 3 is 2.47 bits per heavy atom. The maximum absolute atomic E-state index is 13.2. The zero-order chi connectivity index (χ0) is 14.6. The van der Waals surface area contributed by atoms with Crippen LogP contribution in [0.3, 0.4) is 0 Å². The van der Waals surface area contributed by atoms with Gasteiger partial charge in [0.25, 0.3) is 0 Å². The Morgan fingerprint density at radius 1 is 1.37 bits per heavy atom. The van der Waals surface area contributed by atoms with E-state index in [1.165, 1.54) is 18.2 Å². The minimum absolute atomic E-state index is 0.185. The minimum Gasteiger partial charge on any atom is -0.465 e. The number of halogens is 2. The summed E-state index contributed by atoms with van der Waals surface area (Å²) in [6.45, 7) is 5.47. The Balaban J connectivity index is 3.05. The van der Waals surface area contributed by atoms with E-state index in [-0.39, 0.29) is 22.8 Å². The van der Waals surface area contributed by atoms with Gasteiger partial charge in [0.2, 0.25) is 0 Å². The van der Waals surface area contributed by atoms with Gasteiger partial charge in [0.15, 0.2) is 5.78 Å². The lowest BCUT2D eigenvalue weighted by molar-refractivity contribution is -0.147. The molecule has 0 amide bonds. The van der Waals surface area contributed by atoms with Crippen molar-refractivity contribution in [2.24, 2.45) is 11.8 Å². The molecule has 19 heavy (non-hydrogen) atoms. The van der Waals surface area contributed by atoms with Gasteiger partial charge < -0.3 is 4.74 Å². The highest BCUT2D eigenvalue weighted by Crippen LogP contribution is 2.23. The topological polar surface area (TPSA) is 43.4 Å². The molecule has 0 N–H and O–H groups in total. The molecule has 0 aliphatic carbocycles. The second kappa shape index (κ2) is 6.80. The lowest BCUT2D eigenvalue weighted by Crippen LogP contribution is -2.30. The average Bonchev–Trinajstić information content (AvgIpc) is 2.32. The van der Waals surface area contributed by atoms with Crippen LogP contribution in [0.25, 0.3) is 0 Å². The predicted octanol–water partition coefficient (Wildman–Crippen LogP) is 3.61. The van der Waals surface area contributed by atoms with Crippen LogP contribution in [-0.4, -0.2) is 18.4 Å². The number of ether oxygens (including phenoxy) is 1. The average molecular weight is 331 g/mol. The normalized spacial score (nSPS) is 12.3. The fraction of sp³-hybridized carbons (Fsp3) is 0.429. The number of benzene rings is 1. The van der Waals surface area contributed by atoms with Gasteiger partial charge in [-0.15, -0.1) is 0 Å². The Hall–Kier alpha value is -1.23. The van der Waals surface area contributed by atoms with Crippen LogP contribution >= 0.6 is 15.9 Å². The summed E-state index contributed by atoms with van der Waals surface area (Å²) in [5.41, 5.74) is 0.292. The van der Waals surface area contributed by atoms with Crippen molar-refractivity contribution < 1.29 is 18.7 Å². The van der Waals surface area contributed by atoms with Gasteiger partial charge in [-0.25, -0.2) is 4.39 Å². The van der Waals surface area contributed by atoms with E-state index in [0.717, 1.165) is 0 Å². The number of rotatable bonds is 5. The van der Waals surface area contributed by atoms with E-state index >= 15 is 0 Å². The summed E-state index contributed by atoms with van der Waals surface area (Å²) in [5.74, 6) is -2.39. The second-order valence-corrected chi connectivity index (χ2v) is 5.32. The molecule has 1 aromatic carbocycles. The van der Waals surface area contributed by atoms with Crippen molar-refractivity contribution in [2.45, 2.75) is 20.8 Å². The molecule has 1 atom stereocenters. The standard InChI is InChI=1S/C14H16BrFO3/c1-4-19-14(18)12(8(2)3)13(17)9-5-6-11(16)10(15)7-9/h5-8,12H,4H2,1-3H3. The summed E-state index contributed by atoms with van der Waals surface area (Å²) in [4.78, 5) is 24.1. The number of carbonyl (C=O) groups excluding carboxylic acids is 2. The van der Waals surface area contributed by atoms with Gasteiger partial charge in [-0.1, -0.05) is 13.8 Å². The molecule has 0 spiro atoms. The third-order valence-electron chi connectivity index (χ3n) is 2.69. The van der Waals surface area contributed by atoms with Crippen molar-refractivity contribution in [3.63, 3.8) is 0 Å². The van der Waals surface area contributed by atoms with E-state index in [9.17, 15) is 14.0 Å². The number of hydrogen-bond donors (Lipinski definition) is 0. The van der Waals surface area contributed by atoms with Gasteiger partial charge in [0, 0.05) is 5.56 Å². The number of carbonyl (C=O) groups is 2. The fourth-order valence-electron chi connectivity index (χ4n) is 1.74. The molecule has 0 aliphatic heterocycles. The molecule has 0 aromatic heterocycles. The third-order valence-corrected chi connectivity index (χ3v) is 3.30. The van der Waals surface area contributed by atoms with Crippen molar-refractivity contribution in [2.75, 3.05) is 6.61 Å². The molecule has 0 aliphatic rings. The van der Waals surface area contributed by atoms with Crippen molar-refractivity contribution in [3.05, 3.63) is 34.1 Å². The highest BCUT2D eigenvalue weighted by Gasteiger charge is 2.32. The molecule has 0 saturated carbocycles.